The lowest BCUT2D eigenvalue weighted by atomic mass is 10.0. The minimum atomic E-state index is 0.725. The second-order valence-electron chi connectivity index (χ2n) is 9.80. The Morgan fingerprint density at radius 1 is 0.317 bits per heavy atom. The van der Waals surface area contributed by atoms with E-state index in [0.717, 1.165) is 69.6 Å². The lowest BCUT2D eigenvalue weighted by molar-refractivity contribution is 0.471. The molecule has 3 heteroatoms. The molecule has 0 aliphatic rings. The van der Waals surface area contributed by atoms with Crippen LogP contribution in [0, 0.1) is 0 Å². The summed E-state index contributed by atoms with van der Waals surface area (Å²) in [6.45, 7) is 0. The van der Waals surface area contributed by atoms with E-state index in [4.69, 9.17) is 14.2 Å². The predicted octanol–water partition coefficient (Wildman–Crippen LogP) is 10.2. The third kappa shape index (κ3) is 7.03. The van der Waals surface area contributed by atoms with Crippen molar-refractivity contribution in [1.82, 2.24) is 0 Å². The Balaban J connectivity index is 1.19. The largest absolute Gasteiger partial charge is 0.457 e. The van der Waals surface area contributed by atoms with Crippen molar-refractivity contribution in [3.63, 3.8) is 0 Å². The molecule has 41 heavy (non-hydrogen) atoms. The molecule has 6 rings (SSSR count). The summed E-state index contributed by atoms with van der Waals surface area (Å²) >= 11 is 0. The minimum Gasteiger partial charge on any atom is -0.457 e. The SMILES string of the molecule is c1ccc(Oc2cccc(Cc3ccccc3Oc3ccccc3Cc3cccc(Oc4ccccc4)c3)c2)cc1. The maximum atomic E-state index is 6.57. The van der Waals surface area contributed by atoms with E-state index in [1.165, 1.54) is 0 Å². The van der Waals surface area contributed by atoms with Crippen molar-refractivity contribution in [2.75, 3.05) is 0 Å². The first-order chi connectivity index (χ1) is 20.3. The average Bonchev–Trinajstić information content (AvgIpc) is 3.01. The highest BCUT2D eigenvalue weighted by Crippen LogP contribution is 2.32. The number of hydrogen-bond donors (Lipinski definition) is 0. The van der Waals surface area contributed by atoms with Gasteiger partial charge in [-0.1, -0.05) is 97.1 Å². The summed E-state index contributed by atoms with van der Waals surface area (Å²) in [4.78, 5) is 0. The van der Waals surface area contributed by atoms with Crippen LogP contribution >= 0.6 is 0 Å². The molecule has 0 spiro atoms. The summed E-state index contributed by atoms with van der Waals surface area (Å²) in [7, 11) is 0. The highest BCUT2D eigenvalue weighted by molar-refractivity contribution is 5.46. The van der Waals surface area contributed by atoms with Gasteiger partial charge in [-0.15, -0.1) is 0 Å². The first kappa shape index (κ1) is 26.0. The zero-order valence-electron chi connectivity index (χ0n) is 22.7. The van der Waals surface area contributed by atoms with Crippen LogP contribution in [0.2, 0.25) is 0 Å². The second-order valence-corrected chi connectivity index (χ2v) is 9.80. The molecule has 0 amide bonds. The molecule has 0 saturated carbocycles. The Bertz CT molecular complexity index is 1580. The Morgan fingerprint density at radius 3 is 1.17 bits per heavy atom. The molecule has 3 nitrogen and oxygen atoms in total. The van der Waals surface area contributed by atoms with Crippen molar-refractivity contribution in [3.8, 4) is 34.5 Å². The molecule has 0 aromatic heterocycles. The monoisotopic (exact) mass is 534 g/mol. The van der Waals surface area contributed by atoms with E-state index < -0.39 is 0 Å². The van der Waals surface area contributed by atoms with Gasteiger partial charge < -0.3 is 14.2 Å². The van der Waals surface area contributed by atoms with E-state index in [2.05, 4.69) is 48.5 Å². The van der Waals surface area contributed by atoms with Gasteiger partial charge in [-0.05, 0) is 82.9 Å². The summed E-state index contributed by atoms with van der Waals surface area (Å²) in [5.41, 5.74) is 4.52. The van der Waals surface area contributed by atoms with Gasteiger partial charge in [-0.2, -0.15) is 0 Å². The van der Waals surface area contributed by atoms with Gasteiger partial charge in [-0.3, -0.25) is 0 Å². The van der Waals surface area contributed by atoms with Crippen molar-refractivity contribution in [1.29, 1.82) is 0 Å². The number of para-hydroxylation sites is 4. The molecule has 0 atom stereocenters. The van der Waals surface area contributed by atoms with Gasteiger partial charge >= 0.3 is 0 Å². The molecule has 0 unspecified atom stereocenters. The van der Waals surface area contributed by atoms with E-state index in [-0.39, 0.29) is 0 Å². The molecule has 0 radical (unpaired) electrons. The number of rotatable bonds is 10. The van der Waals surface area contributed by atoms with E-state index in [0.29, 0.717) is 0 Å². The predicted molar refractivity (Wildman–Crippen MR) is 164 cm³/mol. The summed E-state index contributed by atoms with van der Waals surface area (Å²) in [6.07, 6.45) is 1.45. The van der Waals surface area contributed by atoms with Crippen LogP contribution in [0.4, 0.5) is 0 Å². The minimum absolute atomic E-state index is 0.725. The lowest BCUT2D eigenvalue weighted by Crippen LogP contribution is -1.97. The fourth-order valence-electron chi connectivity index (χ4n) is 4.74. The molecule has 0 aliphatic heterocycles. The van der Waals surface area contributed by atoms with E-state index in [1.54, 1.807) is 0 Å². The van der Waals surface area contributed by atoms with Crippen molar-refractivity contribution in [2.45, 2.75) is 12.8 Å². The molecule has 0 saturated heterocycles. The van der Waals surface area contributed by atoms with Crippen molar-refractivity contribution in [2.24, 2.45) is 0 Å². The quantitative estimate of drug-likeness (QED) is 0.175. The van der Waals surface area contributed by atoms with Crippen LogP contribution in [-0.4, -0.2) is 0 Å². The molecular formula is C38H30O3. The molecule has 0 fully saturated rings. The first-order valence-electron chi connectivity index (χ1n) is 13.8. The van der Waals surface area contributed by atoms with Gasteiger partial charge in [0.15, 0.2) is 0 Å². The normalized spacial score (nSPS) is 10.6. The van der Waals surface area contributed by atoms with Crippen LogP contribution in [0.15, 0.2) is 158 Å². The van der Waals surface area contributed by atoms with E-state index in [1.807, 2.05) is 109 Å². The van der Waals surface area contributed by atoms with Gasteiger partial charge in [-0.25, -0.2) is 0 Å². The summed E-state index contributed by atoms with van der Waals surface area (Å²) in [5.74, 6) is 4.96. The molecule has 0 aliphatic carbocycles. The van der Waals surface area contributed by atoms with Gasteiger partial charge in [0.2, 0.25) is 0 Å². The van der Waals surface area contributed by atoms with Crippen LogP contribution in [-0.2, 0) is 12.8 Å². The van der Waals surface area contributed by atoms with E-state index in [9.17, 15) is 0 Å². The first-order valence-corrected chi connectivity index (χ1v) is 13.8. The smallest absolute Gasteiger partial charge is 0.130 e. The van der Waals surface area contributed by atoms with Crippen molar-refractivity contribution < 1.29 is 14.2 Å². The maximum Gasteiger partial charge on any atom is 0.130 e. The standard InChI is InChI=1S/C38H30O3/c1-3-17-33(18-4-1)39-35-21-11-13-29(27-35)25-31-15-7-9-23-37(31)41-38-24-10-8-16-32(38)26-30-14-12-22-36(28-30)40-34-19-5-2-6-20-34/h1-24,27-28H,25-26H2. The summed E-state index contributed by atoms with van der Waals surface area (Å²) < 4.78 is 18.7. The molecule has 200 valence electrons. The highest BCUT2D eigenvalue weighted by atomic mass is 16.5. The fourth-order valence-corrected chi connectivity index (χ4v) is 4.74. The number of ether oxygens (including phenoxy) is 3. The Kier molecular flexibility index (Phi) is 8.05. The van der Waals surface area contributed by atoms with Crippen LogP contribution in [0.3, 0.4) is 0 Å². The average molecular weight is 535 g/mol. The number of benzene rings is 6. The molecule has 6 aromatic carbocycles. The summed E-state index contributed by atoms with van der Waals surface area (Å²) in [6, 6.07) is 52.5. The zero-order chi connectivity index (χ0) is 27.7. The van der Waals surface area contributed by atoms with E-state index >= 15 is 0 Å². The Hall–Kier alpha value is -5.28. The highest BCUT2D eigenvalue weighted by Gasteiger charge is 2.11. The third-order valence-electron chi connectivity index (χ3n) is 6.71. The van der Waals surface area contributed by atoms with Crippen molar-refractivity contribution in [3.05, 3.63) is 180 Å². The van der Waals surface area contributed by atoms with Gasteiger partial charge in [0.25, 0.3) is 0 Å². The fraction of sp³-hybridized carbons (Fsp3) is 0.0526. The third-order valence-corrected chi connectivity index (χ3v) is 6.71. The molecular weight excluding hydrogens is 504 g/mol. The van der Waals surface area contributed by atoms with Crippen LogP contribution in [0.25, 0.3) is 0 Å². The molecule has 6 aromatic rings. The number of hydrogen-bond acceptors (Lipinski definition) is 3. The van der Waals surface area contributed by atoms with Crippen LogP contribution < -0.4 is 14.2 Å². The lowest BCUT2D eigenvalue weighted by Gasteiger charge is -2.15. The van der Waals surface area contributed by atoms with Crippen LogP contribution in [0.1, 0.15) is 22.3 Å². The Labute approximate surface area is 241 Å². The zero-order valence-corrected chi connectivity index (χ0v) is 22.7. The second kappa shape index (κ2) is 12.7. The Morgan fingerprint density at radius 2 is 0.707 bits per heavy atom. The molecule has 0 bridgehead atoms. The summed E-state index contributed by atoms with van der Waals surface area (Å²) in [5, 5.41) is 0. The molecule has 0 heterocycles. The molecule has 0 N–H and O–H groups in total. The van der Waals surface area contributed by atoms with Crippen molar-refractivity contribution >= 4 is 0 Å². The maximum absolute atomic E-state index is 6.57. The van der Waals surface area contributed by atoms with Gasteiger partial charge in [0.1, 0.15) is 34.5 Å². The van der Waals surface area contributed by atoms with Crippen LogP contribution in [0.5, 0.6) is 34.5 Å². The van der Waals surface area contributed by atoms with Gasteiger partial charge in [0, 0.05) is 12.8 Å². The van der Waals surface area contributed by atoms with Gasteiger partial charge in [0.05, 0.1) is 0 Å². The topological polar surface area (TPSA) is 27.7 Å².